The zero-order chi connectivity index (χ0) is 12.8. The number of benzene rings is 1. The number of amides is 1. The summed E-state index contributed by atoms with van der Waals surface area (Å²) in [7, 11) is 0. The maximum atomic E-state index is 11.0. The van der Waals surface area contributed by atoms with E-state index in [2.05, 4.69) is 5.32 Å². The molecular formula is C12H16ClNO3. The molecule has 0 aliphatic rings. The van der Waals surface area contributed by atoms with Gasteiger partial charge in [0.15, 0.2) is 6.23 Å². The zero-order valence-corrected chi connectivity index (χ0v) is 10.6. The van der Waals surface area contributed by atoms with Crippen LogP contribution in [0.1, 0.15) is 25.5 Å². The topological polar surface area (TPSA) is 58.6 Å². The van der Waals surface area contributed by atoms with Crippen LogP contribution < -0.4 is 5.32 Å². The number of rotatable bonds is 5. The van der Waals surface area contributed by atoms with Gasteiger partial charge in [0, 0.05) is 18.6 Å². The highest BCUT2D eigenvalue weighted by Gasteiger charge is 2.21. The van der Waals surface area contributed by atoms with Gasteiger partial charge in [-0.25, -0.2) is 0 Å². The zero-order valence-electron chi connectivity index (χ0n) is 9.81. The number of hydrogen-bond acceptors (Lipinski definition) is 3. The first-order chi connectivity index (χ1) is 8.04. The van der Waals surface area contributed by atoms with Crippen LogP contribution in [-0.4, -0.2) is 23.8 Å². The number of carbonyl (C=O) groups is 1. The molecule has 2 N–H and O–H groups in total. The van der Waals surface area contributed by atoms with Gasteiger partial charge in [-0.3, -0.25) is 4.79 Å². The van der Waals surface area contributed by atoms with E-state index in [0.29, 0.717) is 17.2 Å². The lowest BCUT2D eigenvalue weighted by Gasteiger charge is -2.23. The van der Waals surface area contributed by atoms with Crippen molar-refractivity contribution >= 4 is 17.5 Å². The van der Waals surface area contributed by atoms with Crippen LogP contribution in [0.5, 0.6) is 0 Å². The first-order valence-corrected chi connectivity index (χ1v) is 5.74. The van der Waals surface area contributed by atoms with E-state index in [9.17, 15) is 9.90 Å². The first kappa shape index (κ1) is 14.0. The van der Waals surface area contributed by atoms with Crippen molar-refractivity contribution in [1.82, 2.24) is 5.32 Å². The molecule has 5 heteroatoms. The highest BCUT2D eigenvalue weighted by molar-refractivity contribution is 6.30. The Kier molecular flexibility index (Phi) is 5.41. The van der Waals surface area contributed by atoms with Gasteiger partial charge in [-0.05, 0) is 24.6 Å². The molecule has 0 aliphatic heterocycles. The van der Waals surface area contributed by atoms with Crippen molar-refractivity contribution in [2.45, 2.75) is 26.2 Å². The van der Waals surface area contributed by atoms with Crippen molar-refractivity contribution in [3.63, 3.8) is 0 Å². The molecule has 0 heterocycles. The largest absolute Gasteiger partial charge is 0.384 e. The minimum Gasteiger partial charge on any atom is -0.384 e. The molecule has 4 nitrogen and oxygen atoms in total. The van der Waals surface area contributed by atoms with Crippen LogP contribution in [0.3, 0.4) is 0 Å². The number of aliphatic hydroxyl groups is 1. The third kappa shape index (κ3) is 4.34. The number of halogens is 1. The highest BCUT2D eigenvalue weighted by atomic mass is 35.5. The molecule has 0 aliphatic carbocycles. The van der Waals surface area contributed by atoms with Gasteiger partial charge in [0.25, 0.3) is 0 Å². The van der Waals surface area contributed by atoms with Crippen LogP contribution in [0.15, 0.2) is 24.3 Å². The molecule has 1 aromatic carbocycles. The summed E-state index contributed by atoms with van der Waals surface area (Å²) in [6, 6.07) is 6.75. The predicted octanol–water partition coefficient (Wildman–Crippen LogP) is 1.87. The summed E-state index contributed by atoms with van der Waals surface area (Å²) < 4.78 is 5.28. The molecule has 2 unspecified atom stereocenters. The molecule has 1 aromatic rings. The van der Waals surface area contributed by atoms with Crippen molar-refractivity contribution in [2.24, 2.45) is 0 Å². The van der Waals surface area contributed by atoms with Crippen LogP contribution >= 0.6 is 11.6 Å². The van der Waals surface area contributed by atoms with Crippen LogP contribution in [-0.2, 0) is 9.53 Å². The third-order valence-electron chi connectivity index (χ3n) is 2.19. The summed E-state index contributed by atoms with van der Waals surface area (Å²) in [4.78, 5) is 11.0. The maximum Gasteiger partial charge on any atom is 0.218 e. The van der Waals surface area contributed by atoms with E-state index in [0.717, 1.165) is 0 Å². The Bertz CT molecular complexity index is 367. The van der Waals surface area contributed by atoms with Gasteiger partial charge in [0.05, 0.1) is 0 Å². The van der Waals surface area contributed by atoms with Gasteiger partial charge in [-0.2, -0.15) is 0 Å². The maximum absolute atomic E-state index is 11.0. The molecule has 0 fully saturated rings. The molecule has 0 aromatic heterocycles. The summed E-state index contributed by atoms with van der Waals surface area (Å²) in [6.45, 7) is 3.57. The normalized spacial score (nSPS) is 14.1. The first-order valence-electron chi connectivity index (χ1n) is 5.36. The van der Waals surface area contributed by atoms with Crippen molar-refractivity contribution in [3.8, 4) is 0 Å². The lowest BCUT2D eigenvalue weighted by Crippen LogP contribution is -2.40. The molecule has 0 spiro atoms. The second-order valence-corrected chi connectivity index (χ2v) is 4.01. The lowest BCUT2D eigenvalue weighted by atomic mass is 10.1. The number of hydrogen-bond donors (Lipinski definition) is 2. The Morgan fingerprint density at radius 1 is 1.47 bits per heavy atom. The Morgan fingerprint density at radius 3 is 2.53 bits per heavy atom. The SMILES string of the molecule is CCOC(NC(C)=O)C(O)c1ccc(Cl)cc1. The third-order valence-corrected chi connectivity index (χ3v) is 2.44. The summed E-state index contributed by atoms with van der Waals surface area (Å²) in [5.74, 6) is -0.253. The number of nitrogens with one attached hydrogen (secondary N) is 1. The van der Waals surface area contributed by atoms with Gasteiger partial charge in [0.1, 0.15) is 6.10 Å². The summed E-state index contributed by atoms with van der Waals surface area (Å²) >= 11 is 5.76. The summed E-state index contributed by atoms with van der Waals surface area (Å²) in [5, 5.41) is 13.2. The van der Waals surface area contributed by atoms with Crippen LogP contribution in [0.25, 0.3) is 0 Å². The van der Waals surface area contributed by atoms with E-state index in [1.165, 1.54) is 6.92 Å². The van der Waals surface area contributed by atoms with Crippen LogP contribution in [0.2, 0.25) is 5.02 Å². The Morgan fingerprint density at radius 2 is 2.06 bits per heavy atom. The molecule has 2 atom stereocenters. The molecule has 0 saturated heterocycles. The average molecular weight is 258 g/mol. The van der Waals surface area contributed by atoms with Gasteiger partial charge in [-0.15, -0.1) is 0 Å². The van der Waals surface area contributed by atoms with Gasteiger partial charge >= 0.3 is 0 Å². The Hall–Kier alpha value is -1.10. The quantitative estimate of drug-likeness (QED) is 0.792. The predicted molar refractivity (Wildman–Crippen MR) is 65.6 cm³/mol. The van der Waals surface area contributed by atoms with E-state index in [1.807, 2.05) is 0 Å². The Balaban J connectivity index is 2.79. The Labute approximate surface area is 106 Å². The molecule has 0 bridgehead atoms. The van der Waals surface area contributed by atoms with Crippen molar-refractivity contribution < 1.29 is 14.6 Å². The van der Waals surface area contributed by atoms with Crippen LogP contribution in [0.4, 0.5) is 0 Å². The fraction of sp³-hybridized carbons (Fsp3) is 0.417. The van der Waals surface area contributed by atoms with Crippen LogP contribution in [0, 0.1) is 0 Å². The molecule has 1 amide bonds. The average Bonchev–Trinajstić information content (AvgIpc) is 2.28. The highest BCUT2D eigenvalue weighted by Crippen LogP contribution is 2.20. The second-order valence-electron chi connectivity index (χ2n) is 3.57. The smallest absolute Gasteiger partial charge is 0.218 e. The van der Waals surface area contributed by atoms with Crippen molar-refractivity contribution in [2.75, 3.05) is 6.61 Å². The number of aliphatic hydroxyl groups excluding tert-OH is 1. The van der Waals surface area contributed by atoms with Gasteiger partial charge in [-0.1, -0.05) is 23.7 Å². The van der Waals surface area contributed by atoms with E-state index >= 15 is 0 Å². The molecule has 1 rings (SSSR count). The van der Waals surface area contributed by atoms with E-state index in [4.69, 9.17) is 16.3 Å². The number of carbonyl (C=O) groups excluding carboxylic acids is 1. The molecule has 0 radical (unpaired) electrons. The van der Waals surface area contributed by atoms with E-state index < -0.39 is 12.3 Å². The lowest BCUT2D eigenvalue weighted by molar-refractivity contribution is -0.128. The van der Waals surface area contributed by atoms with Crippen molar-refractivity contribution in [3.05, 3.63) is 34.9 Å². The minimum absolute atomic E-state index is 0.253. The standard InChI is InChI=1S/C12H16ClNO3/c1-3-17-12(14-8(2)15)11(16)9-4-6-10(13)7-5-9/h4-7,11-12,16H,3H2,1-2H3,(H,14,15). The summed E-state index contributed by atoms with van der Waals surface area (Å²) in [5.41, 5.74) is 0.640. The van der Waals surface area contributed by atoms with E-state index in [-0.39, 0.29) is 5.91 Å². The fourth-order valence-electron chi connectivity index (χ4n) is 1.43. The summed E-state index contributed by atoms with van der Waals surface area (Å²) in [6.07, 6.45) is -1.67. The van der Waals surface area contributed by atoms with E-state index in [1.54, 1.807) is 31.2 Å². The minimum atomic E-state index is -0.920. The second kappa shape index (κ2) is 6.59. The molecule has 94 valence electrons. The number of ether oxygens (including phenoxy) is 1. The monoisotopic (exact) mass is 257 g/mol. The van der Waals surface area contributed by atoms with Crippen molar-refractivity contribution in [1.29, 1.82) is 0 Å². The van der Waals surface area contributed by atoms with Gasteiger partial charge < -0.3 is 15.2 Å². The molecular weight excluding hydrogens is 242 g/mol. The van der Waals surface area contributed by atoms with Gasteiger partial charge in [0.2, 0.25) is 5.91 Å². The molecule has 17 heavy (non-hydrogen) atoms. The fourth-order valence-corrected chi connectivity index (χ4v) is 1.55. The molecule has 0 saturated carbocycles.